The van der Waals surface area contributed by atoms with Crippen molar-refractivity contribution in [2.45, 2.75) is 32.6 Å². The summed E-state index contributed by atoms with van der Waals surface area (Å²) >= 11 is 0. The molecule has 1 radical (unpaired) electrons. The van der Waals surface area contributed by atoms with Crippen LogP contribution in [0.4, 0.5) is 4.39 Å². The lowest BCUT2D eigenvalue weighted by Gasteiger charge is -2.09. The van der Waals surface area contributed by atoms with E-state index in [-0.39, 0.29) is 11.7 Å². The lowest BCUT2D eigenvalue weighted by atomic mass is 9.98. The molecule has 1 rings (SSSR count). The molecule has 0 aromatic heterocycles. The van der Waals surface area contributed by atoms with Crippen LogP contribution in [0.2, 0.25) is 0 Å². The van der Waals surface area contributed by atoms with Crippen LogP contribution < -0.4 is 0 Å². The predicted octanol–water partition coefficient (Wildman–Crippen LogP) is 3.72. The van der Waals surface area contributed by atoms with Crippen molar-refractivity contribution in [2.75, 3.05) is 0 Å². The first kappa shape index (κ1) is 10.2. The third-order valence-electron chi connectivity index (χ3n) is 2.16. The average molecular weight is 179 g/mol. The molecule has 0 aliphatic carbocycles. The minimum atomic E-state index is -0.0631. The fourth-order valence-electron chi connectivity index (χ4n) is 1.44. The van der Waals surface area contributed by atoms with Crippen LogP contribution >= 0.6 is 0 Å². The Bertz CT molecular complexity index is 276. The van der Waals surface area contributed by atoms with Gasteiger partial charge in [-0.15, -0.1) is 0 Å². The smallest absolute Gasteiger partial charge is 0.129 e. The van der Waals surface area contributed by atoms with Crippen molar-refractivity contribution in [3.05, 3.63) is 42.1 Å². The van der Waals surface area contributed by atoms with E-state index in [1.54, 1.807) is 0 Å². The topological polar surface area (TPSA) is 0 Å². The van der Waals surface area contributed by atoms with Crippen molar-refractivity contribution in [1.82, 2.24) is 0 Å². The number of rotatable bonds is 3. The van der Waals surface area contributed by atoms with Gasteiger partial charge in [0.1, 0.15) is 5.82 Å². The van der Waals surface area contributed by atoms with Gasteiger partial charge in [-0.25, -0.2) is 4.39 Å². The van der Waals surface area contributed by atoms with E-state index in [4.69, 9.17) is 0 Å². The second kappa shape index (κ2) is 4.40. The van der Waals surface area contributed by atoms with E-state index in [9.17, 15) is 4.39 Å². The van der Waals surface area contributed by atoms with Crippen LogP contribution in [0.5, 0.6) is 0 Å². The molecule has 0 saturated carbocycles. The Morgan fingerprint density at radius 1 is 1.46 bits per heavy atom. The van der Waals surface area contributed by atoms with Gasteiger partial charge in [0.15, 0.2) is 0 Å². The normalized spacial score (nSPS) is 10.8. The van der Waals surface area contributed by atoms with Crippen molar-refractivity contribution in [3.8, 4) is 0 Å². The van der Waals surface area contributed by atoms with E-state index in [1.165, 1.54) is 0 Å². The van der Waals surface area contributed by atoms with Crippen LogP contribution in [-0.4, -0.2) is 0 Å². The average Bonchev–Trinajstić information content (AvgIpc) is 2.08. The molecule has 0 amide bonds. The molecule has 13 heavy (non-hydrogen) atoms. The molecular formula is C12H16F. The van der Waals surface area contributed by atoms with Gasteiger partial charge < -0.3 is 0 Å². The molecule has 0 nitrogen and oxygen atoms in total. The van der Waals surface area contributed by atoms with E-state index in [0.717, 1.165) is 24.0 Å². The van der Waals surface area contributed by atoms with E-state index in [1.807, 2.05) is 25.1 Å². The first-order valence-electron chi connectivity index (χ1n) is 4.77. The molecule has 0 aliphatic heterocycles. The number of hydrogen-bond acceptors (Lipinski definition) is 0. The summed E-state index contributed by atoms with van der Waals surface area (Å²) in [5.41, 5.74) is 1.54. The van der Waals surface area contributed by atoms with Crippen LogP contribution in [-0.2, 0) is 6.42 Å². The van der Waals surface area contributed by atoms with Crippen LogP contribution in [0.15, 0.2) is 18.2 Å². The molecule has 1 atom stereocenters. The minimum Gasteiger partial charge on any atom is -0.206 e. The van der Waals surface area contributed by atoms with Crippen molar-refractivity contribution >= 4 is 0 Å². The molecular weight excluding hydrogens is 163 g/mol. The zero-order chi connectivity index (χ0) is 9.84. The zero-order valence-electron chi connectivity index (χ0n) is 8.31. The third kappa shape index (κ3) is 2.30. The molecule has 1 unspecified atom stereocenters. The molecule has 0 spiro atoms. The summed E-state index contributed by atoms with van der Waals surface area (Å²) < 4.78 is 13.7. The molecule has 0 fully saturated rings. The van der Waals surface area contributed by atoms with Crippen molar-refractivity contribution < 1.29 is 4.39 Å². The Kier molecular flexibility index (Phi) is 3.47. The predicted molar refractivity (Wildman–Crippen MR) is 54.2 cm³/mol. The summed E-state index contributed by atoms with van der Waals surface area (Å²) in [5.74, 6) is -0.0383. The van der Waals surface area contributed by atoms with Crippen molar-refractivity contribution in [2.24, 2.45) is 0 Å². The highest BCUT2D eigenvalue weighted by atomic mass is 19.1. The van der Waals surface area contributed by atoms with Gasteiger partial charge in [-0.1, -0.05) is 38.5 Å². The van der Waals surface area contributed by atoms with Crippen LogP contribution in [0.25, 0.3) is 0 Å². The number of halogens is 1. The quantitative estimate of drug-likeness (QED) is 0.663. The molecule has 71 valence electrons. The summed E-state index contributed by atoms with van der Waals surface area (Å²) in [5, 5.41) is 0. The first-order chi connectivity index (χ1) is 6.16. The van der Waals surface area contributed by atoms with E-state index >= 15 is 0 Å². The van der Waals surface area contributed by atoms with E-state index < -0.39 is 0 Å². The maximum Gasteiger partial charge on any atom is 0.129 e. The number of hydrogen-bond donors (Lipinski definition) is 0. The van der Waals surface area contributed by atoms with Crippen LogP contribution in [0.3, 0.4) is 0 Å². The molecule has 0 N–H and O–H groups in total. The Hall–Kier alpha value is -0.850. The lowest BCUT2D eigenvalue weighted by molar-refractivity contribution is 0.586. The monoisotopic (exact) mass is 179 g/mol. The van der Waals surface area contributed by atoms with E-state index in [2.05, 4.69) is 13.8 Å². The summed E-state index contributed by atoms with van der Waals surface area (Å²) in [7, 11) is 0. The highest BCUT2D eigenvalue weighted by Crippen LogP contribution is 2.21. The fourth-order valence-corrected chi connectivity index (χ4v) is 1.44. The van der Waals surface area contributed by atoms with Gasteiger partial charge in [0.25, 0.3) is 0 Å². The Labute approximate surface area is 79.8 Å². The molecule has 1 aromatic rings. The van der Waals surface area contributed by atoms with Crippen molar-refractivity contribution in [3.63, 3.8) is 0 Å². The van der Waals surface area contributed by atoms with Gasteiger partial charge in [-0.05, 0) is 30.4 Å². The Balaban J connectivity index is 3.03. The van der Waals surface area contributed by atoms with Gasteiger partial charge in [-0.3, -0.25) is 0 Å². The van der Waals surface area contributed by atoms with Crippen LogP contribution in [0.1, 0.15) is 37.3 Å². The summed E-state index contributed by atoms with van der Waals surface area (Å²) in [6.07, 6.45) is 1.79. The Morgan fingerprint density at radius 3 is 2.69 bits per heavy atom. The van der Waals surface area contributed by atoms with Gasteiger partial charge in [0.05, 0.1) is 0 Å². The van der Waals surface area contributed by atoms with Gasteiger partial charge >= 0.3 is 0 Å². The molecule has 0 heterocycles. The molecule has 0 aliphatic rings. The van der Waals surface area contributed by atoms with Gasteiger partial charge in [0, 0.05) is 0 Å². The second-order valence-corrected chi connectivity index (χ2v) is 3.47. The third-order valence-corrected chi connectivity index (χ3v) is 2.16. The standard InChI is InChI=1S/C12H16F/c1-4-6-10-7-5-8-11(9(2)3)12(10)13/h5,7-9H,2,4,6H2,1,3H3. The van der Waals surface area contributed by atoms with Crippen molar-refractivity contribution in [1.29, 1.82) is 0 Å². The minimum absolute atomic E-state index is 0.0248. The van der Waals surface area contributed by atoms with E-state index in [0.29, 0.717) is 0 Å². The SMILES string of the molecule is [CH2]C(C)c1cccc(CCC)c1F. The van der Waals surface area contributed by atoms with Crippen LogP contribution in [0, 0.1) is 12.7 Å². The zero-order valence-corrected chi connectivity index (χ0v) is 8.31. The molecule has 1 aromatic carbocycles. The number of aryl methyl sites for hydroxylation is 1. The highest BCUT2D eigenvalue weighted by Gasteiger charge is 2.09. The van der Waals surface area contributed by atoms with Gasteiger partial charge in [-0.2, -0.15) is 0 Å². The molecule has 0 saturated heterocycles. The molecule has 1 heteroatoms. The largest absolute Gasteiger partial charge is 0.206 e. The Morgan fingerprint density at radius 2 is 2.15 bits per heavy atom. The second-order valence-electron chi connectivity index (χ2n) is 3.47. The lowest BCUT2D eigenvalue weighted by Crippen LogP contribution is -1.98. The van der Waals surface area contributed by atoms with Gasteiger partial charge in [0.2, 0.25) is 0 Å². The molecule has 0 bridgehead atoms. The fraction of sp³-hybridized carbons (Fsp3) is 0.417. The highest BCUT2D eigenvalue weighted by molar-refractivity contribution is 5.29. The summed E-state index contributed by atoms with van der Waals surface area (Å²) in [6, 6.07) is 5.57. The number of benzene rings is 1. The summed E-state index contributed by atoms with van der Waals surface area (Å²) in [6.45, 7) is 7.80. The summed E-state index contributed by atoms with van der Waals surface area (Å²) in [4.78, 5) is 0. The maximum atomic E-state index is 13.7. The maximum absolute atomic E-state index is 13.7. The first-order valence-corrected chi connectivity index (χ1v) is 4.77.